The number of carbonyl (C=O) groups is 1. The number of likely N-dealkylation sites (tertiary alicyclic amines) is 1. The molecule has 190 valence electrons. The lowest BCUT2D eigenvalue weighted by atomic mass is 9.83. The van der Waals surface area contributed by atoms with Gasteiger partial charge in [0.25, 0.3) is 0 Å². The third kappa shape index (κ3) is 6.76. The van der Waals surface area contributed by atoms with Crippen LogP contribution in [-0.4, -0.2) is 71.4 Å². The molecule has 0 spiro atoms. The third-order valence-corrected chi connectivity index (χ3v) is 8.29. The van der Waals surface area contributed by atoms with E-state index in [4.69, 9.17) is 28.2 Å². The highest BCUT2D eigenvalue weighted by atomic mass is 35.5. The summed E-state index contributed by atoms with van der Waals surface area (Å²) >= 11 is 12.2. The number of piperazine rings is 1. The highest BCUT2D eigenvalue weighted by Crippen LogP contribution is 2.31. The second-order valence-electron chi connectivity index (χ2n) is 11.3. The number of pyridine rings is 1. The Morgan fingerprint density at radius 3 is 2.34 bits per heavy atom. The molecule has 2 fully saturated rings. The Balaban J connectivity index is 1.38. The zero-order chi connectivity index (χ0) is 25.2. The second-order valence-corrected chi connectivity index (χ2v) is 12.1. The van der Waals surface area contributed by atoms with E-state index < -0.39 is 0 Å². The minimum Gasteiger partial charge on any atom is -0.337 e. The van der Waals surface area contributed by atoms with Crippen molar-refractivity contribution >= 4 is 29.1 Å². The Bertz CT molecular complexity index is 1010. The molecule has 1 atom stereocenters. The summed E-state index contributed by atoms with van der Waals surface area (Å²) in [6, 6.07) is 10.0. The van der Waals surface area contributed by atoms with Crippen molar-refractivity contribution < 1.29 is 4.79 Å². The largest absolute Gasteiger partial charge is 0.337 e. The molecule has 0 N–H and O–H groups in total. The molecule has 0 bridgehead atoms. The molecule has 0 aliphatic carbocycles. The molecule has 1 aromatic carbocycles. The van der Waals surface area contributed by atoms with Crippen LogP contribution in [0.2, 0.25) is 10.0 Å². The van der Waals surface area contributed by atoms with E-state index in [0.29, 0.717) is 28.3 Å². The summed E-state index contributed by atoms with van der Waals surface area (Å²) < 4.78 is 0. The van der Waals surface area contributed by atoms with E-state index >= 15 is 0 Å². The standard InChI is InChI=1S/C28H38Cl2N4O/c1-28(2,3)26-19-33(13-14-34(26)27(35)15-20-9-11-32(4)12-10-20)18-23-7-5-22(17-31-23)21-6-8-24(29)25(30)16-21/h5-8,16-17,20,26H,9-15,18-19H2,1-4H3. The molecule has 1 amide bonds. The van der Waals surface area contributed by atoms with Crippen molar-refractivity contribution in [2.45, 2.75) is 52.6 Å². The van der Waals surface area contributed by atoms with Crippen molar-refractivity contribution in [3.63, 3.8) is 0 Å². The topological polar surface area (TPSA) is 39.7 Å². The smallest absolute Gasteiger partial charge is 0.223 e. The molecular formula is C28H38Cl2N4O. The van der Waals surface area contributed by atoms with E-state index in [1.807, 2.05) is 24.4 Å². The average Bonchev–Trinajstić information content (AvgIpc) is 2.82. The fourth-order valence-electron chi connectivity index (χ4n) is 5.25. The lowest BCUT2D eigenvalue weighted by Gasteiger charge is -2.47. The summed E-state index contributed by atoms with van der Waals surface area (Å²) in [4.78, 5) is 25.1. The van der Waals surface area contributed by atoms with Gasteiger partial charge in [-0.15, -0.1) is 0 Å². The van der Waals surface area contributed by atoms with Crippen LogP contribution in [0.3, 0.4) is 0 Å². The number of benzene rings is 1. The molecule has 2 saturated heterocycles. The Kier molecular flexibility index (Phi) is 8.42. The average molecular weight is 518 g/mol. The van der Waals surface area contributed by atoms with E-state index in [2.05, 4.69) is 54.7 Å². The SMILES string of the molecule is CN1CCC(CC(=O)N2CCN(Cc3ccc(-c4ccc(Cl)c(Cl)c4)cn3)CC2C(C)(C)C)CC1. The van der Waals surface area contributed by atoms with Gasteiger partial charge in [0.1, 0.15) is 0 Å². The molecule has 7 heteroatoms. The van der Waals surface area contributed by atoms with Gasteiger partial charge in [0.2, 0.25) is 5.91 Å². The predicted molar refractivity (Wildman–Crippen MR) is 145 cm³/mol. The predicted octanol–water partition coefficient (Wildman–Crippen LogP) is 5.85. The third-order valence-electron chi connectivity index (χ3n) is 7.55. The summed E-state index contributed by atoms with van der Waals surface area (Å²) in [5.74, 6) is 0.860. The fourth-order valence-corrected chi connectivity index (χ4v) is 5.54. The van der Waals surface area contributed by atoms with Crippen LogP contribution < -0.4 is 0 Å². The van der Waals surface area contributed by atoms with Crippen molar-refractivity contribution in [2.24, 2.45) is 11.3 Å². The second kappa shape index (κ2) is 11.2. The molecule has 1 aromatic heterocycles. The lowest BCUT2D eigenvalue weighted by Crippen LogP contribution is -2.59. The van der Waals surface area contributed by atoms with Crippen LogP contribution in [-0.2, 0) is 11.3 Å². The monoisotopic (exact) mass is 516 g/mol. The first-order valence-corrected chi connectivity index (χ1v) is 13.5. The van der Waals surface area contributed by atoms with Gasteiger partial charge in [-0.05, 0) is 68.1 Å². The molecule has 3 heterocycles. The quantitative estimate of drug-likeness (QED) is 0.499. The number of hydrogen-bond acceptors (Lipinski definition) is 4. The minimum atomic E-state index is 0.0201. The maximum Gasteiger partial charge on any atom is 0.223 e. The van der Waals surface area contributed by atoms with Gasteiger partial charge >= 0.3 is 0 Å². The molecule has 2 aliphatic rings. The van der Waals surface area contributed by atoms with Crippen molar-refractivity contribution in [3.8, 4) is 11.1 Å². The Morgan fingerprint density at radius 2 is 1.71 bits per heavy atom. The van der Waals surface area contributed by atoms with Gasteiger partial charge in [-0.2, -0.15) is 0 Å². The molecule has 35 heavy (non-hydrogen) atoms. The first kappa shape index (κ1) is 26.4. The molecule has 2 aliphatic heterocycles. The van der Waals surface area contributed by atoms with E-state index in [1.54, 1.807) is 0 Å². The zero-order valence-corrected chi connectivity index (χ0v) is 22.9. The van der Waals surface area contributed by atoms with Crippen LogP contribution in [0.15, 0.2) is 36.5 Å². The summed E-state index contributed by atoms with van der Waals surface area (Å²) in [7, 11) is 2.17. The van der Waals surface area contributed by atoms with Crippen LogP contribution in [0.25, 0.3) is 11.1 Å². The number of hydrogen-bond donors (Lipinski definition) is 0. The van der Waals surface area contributed by atoms with Crippen LogP contribution in [0.1, 0.15) is 45.7 Å². The fraction of sp³-hybridized carbons (Fsp3) is 0.571. The molecule has 1 unspecified atom stereocenters. The number of nitrogens with zero attached hydrogens (tertiary/aromatic N) is 4. The first-order chi connectivity index (χ1) is 16.6. The number of carbonyl (C=O) groups excluding carboxylic acids is 1. The Labute approximate surface area is 220 Å². The first-order valence-electron chi connectivity index (χ1n) is 12.7. The van der Waals surface area contributed by atoms with Gasteiger partial charge in [0.05, 0.1) is 15.7 Å². The van der Waals surface area contributed by atoms with Crippen LogP contribution in [0, 0.1) is 11.3 Å². The van der Waals surface area contributed by atoms with Gasteiger partial charge in [-0.25, -0.2) is 0 Å². The Morgan fingerprint density at radius 1 is 1.00 bits per heavy atom. The van der Waals surface area contributed by atoms with Crippen LogP contribution in [0.4, 0.5) is 0 Å². The van der Waals surface area contributed by atoms with E-state index in [-0.39, 0.29) is 11.5 Å². The lowest BCUT2D eigenvalue weighted by molar-refractivity contribution is -0.141. The van der Waals surface area contributed by atoms with Crippen molar-refractivity contribution in [2.75, 3.05) is 39.8 Å². The van der Waals surface area contributed by atoms with Crippen LogP contribution in [0.5, 0.6) is 0 Å². The van der Waals surface area contributed by atoms with Crippen LogP contribution >= 0.6 is 23.2 Å². The van der Waals surface area contributed by atoms with E-state index in [1.165, 1.54) is 0 Å². The van der Waals surface area contributed by atoms with E-state index in [0.717, 1.165) is 68.9 Å². The van der Waals surface area contributed by atoms with Crippen molar-refractivity contribution in [1.29, 1.82) is 0 Å². The molecule has 0 radical (unpaired) electrons. The van der Waals surface area contributed by atoms with Crippen molar-refractivity contribution in [1.82, 2.24) is 19.7 Å². The summed E-state index contributed by atoms with van der Waals surface area (Å²) in [5.41, 5.74) is 3.08. The van der Waals surface area contributed by atoms with Gasteiger partial charge in [-0.3, -0.25) is 14.7 Å². The summed E-state index contributed by atoms with van der Waals surface area (Å²) in [5, 5.41) is 1.10. The minimum absolute atomic E-state index is 0.0201. The number of halogens is 2. The van der Waals surface area contributed by atoms with Gasteiger partial charge in [0.15, 0.2) is 0 Å². The maximum absolute atomic E-state index is 13.4. The molecule has 0 saturated carbocycles. The molecular weight excluding hydrogens is 479 g/mol. The summed E-state index contributed by atoms with van der Waals surface area (Å²) in [6.45, 7) is 12.3. The summed E-state index contributed by atoms with van der Waals surface area (Å²) in [6.07, 6.45) is 4.86. The number of aromatic nitrogens is 1. The maximum atomic E-state index is 13.4. The van der Waals surface area contributed by atoms with Gasteiger partial charge in [-0.1, -0.05) is 56.1 Å². The molecule has 4 rings (SSSR count). The number of rotatable bonds is 5. The normalized spacial score (nSPS) is 20.9. The highest BCUT2D eigenvalue weighted by molar-refractivity contribution is 6.42. The Hall–Kier alpha value is -1.66. The zero-order valence-electron chi connectivity index (χ0n) is 21.4. The molecule has 2 aromatic rings. The number of piperidine rings is 1. The van der Waals surface area contributed by atoms with E-state index in [9.17, 15) is 4.79 Å². The molecule has 5 nitrogen and oxygen atoms in total. The highest BCUT2D eigenvalue weighted by Gasteiger charge is 2.38. The van der Waals surface area contributed by atoms with Crippen molar-refractivity contribution in [3.05, 3.63) is 52.3 Å². The number of amides is 1. The van der Waals surface area contributed by atoms with Gasteiger partial charge < -0.3 is 9.80 Å². The van der Waals surface area contributed by atoms with Gasteiger partial charge in [0, 0.05) is 50.4 Å².